The second-order valence-electron chi connectivity index (χ2n) is 5.16. The highest BCUT2D eigenvalue weighted by Gasteiger charge is 2.10. The first-order valence-electron chi connectivity index (χ1n) is 6.62. The van der Waals surface area contributed by atoms with E-state index in [2.05, 4.69) is 44.7 Å². The maximum Gasteiger partial charge on any atom is 0.138 e. The second kappa shape index (κ2) is 6.31. The van der Waals surface area contributed by atoms with Gasteiger partial charge in [-0.1, -0.05) is 13.8 Å². The molecule has 2 aromatic heterocycles. The van der Waals surface area contributed by atoms with Crippen molar-refractivity contribution in [2.75, 3.05) is 0 Å². The van der Waals surface area contributed by atoms with Gasteiger partial charge in [-0.2, -0.15) is 0 Å². The SMILES string of the molecule is CC(C)Oc1cncc(-c2cc(Br)nc(C(C)C)n2)c1. The molecular formula is C15H18BrN3O. The summed E-state index contributed by atoms with van der Waals surface area (Å²) in [6, 6.07) is 3.84. The Labute approximate surface area is 127 Å². The molecule has 0 aliphatic carbocycles. The number of halogens is 1. The first-order chi connectivity index (χ1) is 9.45. The van der Waals surface area contributed by atoms with Crippen LogP contribution in [0.2, 0.25) is 0 Å². The van der Waals surface area contributed by atoms with Gasteiger partial charge in [0.15, 0.2) is 0 Å². The first-order valence-corrected chi connectivity index (χ1v) is 7.41. The summed E-state index contributed by atoms with van der Waals surface area (Å²) >= 11 is 3.43. The maximum absolute atomic E-state index is 5.67. The molecule has 0 aliphatic rings. The Kier molecular flexibility index (Phi) is 4.70. The van der Waals surface area contributed by atoms with Crippen LogP contribution in [0.15, 0.2) is 29.1 Å². The standard InChI is InChI=1S/C15H18BrN3O/c1-9(2)15-18-13(6-14(16)19-15)11-5-12(8-17-7-11)20-10(3)4/h5-10H,1-4H3. The Morgan fingerprint density at radius 3 is 2.45 bits per heavy atom. The van der Waals surface area contributed by atoms with E-state index in [9.17, 15) is 0 Å². The zero-order chi connectivity index (χ0) is 14.7. The van der Waals surface area contributed by atoms with Gasteiger partial charge in [0, 0.05) is 17.7 Å². The van der Waals surface area contributed by atoms with Crippen LogP contribution in [0.25, 0.3) is 11.3 Å². The molecule has 0 unspecified atom stereocenters. The third-order valence-corrected chi connectivity index (χ3v) is 3.02. The van der Waals surface area contributed by atoms with Crippen LogP contribution in [-0.4, -0.2) is 21.1 Å². The number of rotatable bonds is 4. The number of hydrogen-bond acceptors (Lipinski definition) is 4. The summed E-state index contributed by atoms with van der Waals surface area (Å²) in [5.41, 5.74) is 1.77. The summed E-state index contributed by atoms with van der Waals surface area (Å²) in [5, 5.41) is 0. The third-order valence-electron chi connectivity index (χ3n) is 2.61. The molecule has 2 rings (SSSR count). The minimum atomic E-state index is 0.121. The number of nitrogens with zero attached hydrogens (tertiary/aromatic N) is 3. The highest BCUT2D eigenvalue weighted by molar-refractivity contribution is 9.10. The quantitative estimate of drug-likeness (QED) is 0.785. The van der Waals surface area contributed by atoms with E-state index in [1.165, 1.54) is 0 Å². The zero-order valence-electron chi connectivity index (χ0n) is 12.1. The topological polar surface area (TPSA) is 47.9 Å². The Hall–Kier alpha value is -1.49. The molecule has 0 amide bonds. The molecule has 5 heteroatoms. The summed E-state index contributed by atoms with van der Waals surface area (Å²) in [4.78, 5) is 13.2. The average Bonchev–Trinajstić information content (AvgIpc) is 2.37. The summed E-state index contributed by atoms with van der Waals surface area (Å²) in [6.07, 6.45) is 3.62. The minimum absolute atomic E-state index is 0.121. The van der Waals surface area contributed by atoms with E-state index in [-0.39, 0.29) is 12.0 Å². The molecule has 0 saturated carbocycles. The van der Waals surface area contributed by atoms with Gasteiger partial charge in [0.05, 0.1) is 18.0 Å². The molecule has 0 bridgehead atoms. The van der Waals surface area contributed by atoms with Crippen LogP contribution < -0.4 is 4.74 Å². The van der Waals surface area contributed by atoms with Gasteiger partial charge < -0.3 is 4.74 Å². The largest absolute Gasteiger partial charge is 0.489 e. The van der Waals surface area contributed by atoms with Crippen LogP contribution in [0.4, 0.5) is 0 Å². The van der Waals surface area contributed by atoms with Crippen molar-refractivity contribution < 1.29 is 4.74 Å². The van der Waals surface area contributed by atoms with E-state index in [0.29, 0.717) is 0 Å². The second-order valence-corrected chi connectivity index (χ2v) is 5.98. The average molecular weight is 336 g/mol. The van der Waals surface area contributed by atoms with Crippen molar-refractivity contribution in [2.24, 2.45) is 0 Å². The molecule has 0 aromatic carbocycles. The lowest BCUT2D eigenvalue weighted by atomic mass is 10.1. The van der Waals surface area contributed by atoms with Crippen LogP contribution in [0.1, 0.15) is 39.4 Å². The van der Waals surface area contributed by atoms with Crippen LogP contribution in [0.3, 0.4) is 0 Å². The minimum Gasteiger partial charge on any atom is -0.489 e. The normalized spacial score (nSPS) is 11.2. The van der Waals surface area contributed by atoms with Gasteiger partial charge in [-0.05, 0) is 41.9 Å². The number of aromatic nitrogens is 3. The highest BCUT2D eigenvalue weighted by atomic mass is 79.9. The van der Waals surface area contributed by atoms with Gasteiger partial charge in [-0.25, -0.2) is 9.97 Å². The van der Waals surface area contributed by atoms with E-state index in [0.717, 1.165) is 27.4 Å². The molecular weight excluding hydrogens is 318 g/mol. The summed E-state index contributed by atoms with van der Waals surface area (Å²) < 4.78 is 6.45. The Morgan fingerprint density at radius 2 is 1.80 bits per heavy atom. The Morgan fingerprint density at radius 1 is 1.05 bits per heavy atom. The van der Waals surface area contributed by atoms with Gasteiger partial charge in [0.25, 0.3) is 0 Å². The van der Waals surface area contributed by atoms with Crippen molar-refractivity contribution in [3.05, 3.63) is 35.0 Å². The molecule has 2 heterocycles. The summed E-state index contributed by atoms with van der Waals surface area (Å²) in [6.45, 7) is 8.12. The van der Waals surface area contributed by atoms with E-state index in [1.807, 2.05) is 26.0 Å². The van der Waals surface area contributed by atoms with E-state index >= 15 is 0 Å². The van der Waals surface area contributed by atoms with Gasteiger partial charge in [0.2, 0.25) is 0 Å². The van der Waals surface area contributed by atoms with Gasteiger partial charge >= 0.3 is 0 Å². The number of hydrogen-bond donors (Lipinski definition) is 0. The van der Waals surface area contributed by atoms with Gasteiger partial charge in [-0.15, -0.1) is 0 Å². The molecule has 0 spiro atoms. The van der Waals surface area contributed by atoms with Gasteiger partial charge in [0.1, 0.15) is 16.2 Å². The third kappa shape index (κ3) is 3.76. The Balaban J connectivity index is 2.40. The molecule has 20 heavy (non-hydrogen) atoms. The number of ether oxygens (including phenoxy) is 1. The van der Waals surface area contributed by atoms with Crippen LogP contribution >= 0.6 is 15.9 Å². The number of pyridine rings is 1. The molecule has 0 atom stereocenters. The highest BCUT2D eigenvalue weighted by Crippen LogP contribution is 2.25. The van der Waals surface area contributed by atoms with Crippen molar-refractivity contribution in [1.82, 2.24) is 15.0 Å². The molecule has 0 N–H and O–H groups in total. The van der Waals surface area contributed by atoms with Gasteiger partial charge in [-0.3, -0.25) is 4.98 Å². The van der Waals surface area contributed by atoms with Crippen molar-refractivity contribution in [3.8, 4) is 17.0 Å². The van der Waals surface area contributed by atoms with Crippen LogP contribution in [-0.2, 0) is 0 Å². The van der Waals surface area contributed by atoms with Crippen molar-refractivity contribution in [1.29, 1.82) is 0 Å². The predicted molar refractivity (Wildman–Crippen MR) is 82.8 cm³/mol. The summed E-state index contributed by atoms with van der Waals surface area (Å²) in [7, 11) is 0. The molecule has 2 aromatic rings. The molecule has 4 nitrogen and oxygen atoms in total. The van der Waals surface area contributed by atoms with Crippen LogP contribution in [0.5, 0.6) is 5.75 Å². The molecule has 0 aliphatic heterocycles. The van der Waals surface area contributed by atoms with E-state index < -0.39 is 0 Å². The zero-order valence-corrected chi connectivity index (χ0v) is 13.7. The fraction of sp³-hybridized carbons (Fsp3) is 0.400. The molecule has 0 fully saturated rings. The lowest BCUT2D eigenvalue weighted by Gasteiger charge is -2.11. The maximum atomic E-state index is 5.67. The lowest BCUT2D eigenvalue weighted by Crippen LogP contribution is -2.06. The van der Waals surface area contributed by atoms with Crippen molar-refractivity contribution in [2.45, 2.75) is 39.7 Å². The van der Waals surface area contributed by atoms with Crippen LogP contribution in [0, 0.1) is 0 Å². The smallest absolute Gasteiger partial charge is 0.138 e. The molecule has 0 radical (unpaired) electrons. The monoisotopic (exact) mass is 335 g/mol. The fourth-order valence-corrected chi connectivity index (χ4v) is 2.14. The molecule has 106 valence electrons. The predicted octanol–water partition coefficient (Wildman–Crippen LogP) is 4.21. The summed E-state index contributed by atoms with van der Waals surface area (Å²) in [5.74, 6) is 1.83. The van der Waals surface area contributed by atoms with Crippen molar-refractivity contribution >= 4 is 15.9 Å². The first kappa shape index (κ1) is 14.9. The lowest BCUT2D eigenvalue weighted by molar-refractivity contribution is 0.241. The molecule has 0 saturated heterocycles. The van der Waals surface area contributed by atoms with Crippen molar-refractivity contribution in [3.63, 3.8) is 0 Å². The Bertz CT molecular complexity index is 599. The fourth-order valence-electron chi connectivity index (χ4n) is 1.74. The van der Waals surface area contributed by atoms with E-state index in [4.69, 9.17) is 4.74 Å². The van der Waals surface area contributed by atoms with E-state index in [1.54, 1.807) is 12.4 Å².